The number of hydrogen-bond acceptors (Lipinski definition) is 2. The smallest absolute Gasteiger partial charge is 0.416 e. The summed E-state index contributed by atoms with van der Waals surface area (Å²) in [5.41, 5.74) is 0.269. The van der Waals surface area contributed by atoms with Crippen molar-refractivity contribution in [1.29, 1.82) is 0 Å². The molecule has 0 saturated heterocycles. The van der Waals surface area contributed by atoms with Crippen LogP contribution in [0.15, 0.2) is 42.5 Å². The number of nitrogens with one attached hydrogen (secondary N) is 1. The van der Waals surface area contributed by atoms with Gasteiger partial charge in [-0.3, -0.25) is 4.79 Å². The molecule has 0 aromatic heterocycles. The quantitative estimate of drug-likeness (QED) is 0.880. The minimum absolute atomic E-state index is 0.0560. The van der Waals surface area contributed by atoms with Crippen molar-refractivity contribution in [2.24, 2.45) is 0 Å². The molecule has 2 rings (SSSR count). The molecule has 0 bridgehead atoms. The number of carbonyl (C=O) groups is 1. The van der Waals surface area contributed by atoms with E-state index in [4.69, 9.17) is 0 Å². The Morgan fingerprint density at radius 1 is 1.10 bits per heavy atom. The fourth-order valence-corrected chi connectivity index (χ4v) is 1.77. The van der Waals surface area contributed by atoms with Crippen molar-refractivity contribution < 1.29 is 23.1 Å². The molecular formula is C15H12F3NO2. The summed E-state index contributed by atoms with van der Waals surface area (Å²) in [5, 5.41) is 12.1. The molecule has 0 aliphatic rings. The summed E-state index contributed by atoms with van der Waals surface area (Å²) < 4.78 is 37.3. The second kappa shape index (κ2) is 5.47. The molecule has 0 saturated carbocycles. The fourth-order valence-electron chi connectivity index (χ4n) is 1.77. The highest BCUT2D eigenvalue weighted by atomic mass is 19.4. The van der Waals surface area contributed by atoms with Gasteiger partial charge in [-0.15, -0.1) is 0 Å². The maximum atomic E-state index is 12.4. The molecule has 2 aromatic rings. The van der Waals surface area contributed by atoms with E-state index < -0.39 is 17.6 Å². The number of phenols is 1. The lowest BCUT2D eigenvalue weighted by molar-refractivity contribution is -0.137. The maximum absolute atomic E-state index is 12.4. The van der Waals surface area contributed by atoms with E-state index in [0.29, 0.717) is 0 Å². The van der Waals surface area contributed by atoms with E-state index in [9.17, 15) is 23.1 Å². The molecule has 0 aliphatic carbocycles. The molecule has 0 radical (unpaired) electrons. The number of halogens is 3. The molecule has 21 heavy (non-hydrogen) atoms. The van der Waals surface area contributed by atoms with Gasteiger partial charge in [-0.05, 0) is 48.9 Å². The van der Waals surface area contributed by atoms with Crippen LogP contribution in [0.25, 0.3) is 0 Å². The van der Waals surface area contributed by atoms with E-state index in [2.05, 4.69) is 5.32 Å². The van der Waals surface area contributed by atoms with Crippen LogP contribution in [0.4, 0.5) is 18.9 Å². The number of rotatable bonds is 2. The van der Waals surface area contributed by atoms with Crippen LogP contribution in [-0.2, 0) is 6.18 Å². The van der Waals surface area contributed by atoms with E-state index in [1.165, 1.54) is 12.1 Å². The van der Waals surface area contributed by atoms with Gasteiger partial charge in [0.1, 0.15) is 5.75 Å². The Hall–Kier alpha value is -2.50. The van der Waals surface area contributed by atoms with Crippen LogP contribution >= 0.6 is 0 Å². The highest BCUT2D eigenvalue weighted by Gasteiger charge is 2.30. The molecule has 110 valence electrons. The zero-order valence-corrected chi connectivity index (χ0v) is 11.0. The average Bonchev–Trinajstić information content (AvgIpc) is 2.38. The van der Waals surface area contributed by atoms with Gasteiger partial charge in [0.2, 0.25) is 0 Å². The first-order chi connectivity index (χ1) is 9.77. The summed E-state index contributed by atoms with van der Waals surface area (Å²) in [7, 11) is 0. The summed E-state index contributed by atoms with van der Waals surface area (Å²) in [5.74, 6) is -0.772. The largest absolute Gasteiger partial charge is 0.507 e. The van der Waals surface area contributed by atoms with Gasteiger partial charge >= 0.3 is 6.18 Å². The first kappa shape index (κ1) is 14.9. The van der Waals surface area contributed by atoms with Gasteiger partial charge in [0.05, 0.1) is 11.1 Å². The summed E-state index contributed by atoms with van der Waals surface area (Å²) >= 11 is 0. The van der Waals surface area contributed by atoms with Gasteiger partial charge in [0.15, 0.2) is 0 Å². The van der Waals surface area contributed by atoms with Crippen molar-refractivity contribution in [2.45, 2.75) is 13.1 Å². The summed E-state index contributed by atoms with van der Waals surface area (Å²) in [6.07, 6.45) is -4.42. The van der Waals surface area contributed by atoms with Crippen LogP contribution in [0.3, 0.4) is 0 Å². The number of amides is 1. The summed E-state index contributed by atoms with van der Waals surface area (Å²) in [6, 6.07) is 8.61. The van der Waals surface area contributed by atoms with E-state index in [1.54, 1.807) is 13.0 Å². The number of hydrogen-bond donors (Lipinski definition) is 2. The highest BCUT2D eigenvalue weighted by molar-refractivity contribution is 6.06. The van der Waals surface area contributed by atoms with E-state index in [1.807, 2.05) is 0 Å². The zero-order valence-electron chi connectivity index (χ0n) is 11.0. The number of phenolic OH excluding ortho intramolecular Hbond substituents is 1. The third kappa shape index (κ3) is 3.53. The predicted molar refractivity (Wildman–Crippen MR) is 72.2 cm³/mol. The topological polar surface area (TPSA) is 49.3 Å². The molecule has 3 nitrogen and oxygen atoms in total. The Bertz CT molecular complexity index is 664. The van der Waals surface area contributed by atoms with Crippen LogP contribution in [0.5, 0.6) is 5.75 Å². The molecular weight excluding hydrogens is 283 g/mol. The lowest BCUT2D eigenvalue weighted by Gasteiger charge is -2.09. The van der Waals surface area contributed by atoms with E-state index in [0.717, 1.165) is 29.8 Å². The van der Waals surface area contributed by atoms with Crippen LogP contribution < -0.4 is 5.32 Å². The normalized spacial score (nSPS) is 11.2. The molecule has 0 fully saturated rings. The number of benzene rings is 2. The van der Waals surface area contributed by atoms with Gasteiger partial charge in [-0.25, -0.2) is 0 Å². The van der Waals surface area contributed by atoms with Gasteiger partial charge in [-0.1, -0.05) is 6.07 Å². The van der Waals surface area contributed by atoms with Gasteiger partial charge in [0.25, 0.3) is 5.91 Å². The summed E-state index contributed by atoms with van der Waals surface area (Å²) in [4.78, 5) is 11.9. The zero-order chi connectivity index (χ0) is 15.6. The predicted octanol–water partition coefficient (Wildman–Crippen LogP) is 3.97. The second-order valence-corrected chi connectivity index (χ2v) is 4.55. The molecule has 0 aliphatic heterocycles. The highest BCUT2D eigenvalue weighted by Crippen LogP contribution is 2.30. The molecule has 0 spiro atoms. The van der Waals surface area contributed by atoms with Crippen molar-refractivity contribution in [3.8, 4) is 5.75 Å². The lowest BCUT2D eigenvalue weighted by atomic mass is 10.1. The minimum atomic E-state index is -4.42. The number of alkyl halides is 3. The number of carbonyl (C=O) groups excluding carboxylic acids is 1. The Morgan fingerprint density at radius 2 is 1.71 bits per heavy atom. The SMILES string of the molecule is Cc1ccc(C(=O)Nc2ccc(C(F)(F)F)cc2)c(O)c1. The van der Waals surface area contributed by atoms with Crippen molar-refractivity contribution in [2.75, 3.05) is 5.32 Å². The third-order valence-corrected chi connectivity index (χ3v) is 2.87. The van der Waals surface area contributed by atoms with Crippen molar-refractivity contribution >= 4 is 11.6 Å². The van der Waals surface area contributed by atoms with Gasteiger partial charge in [-0.2, -0.15) is 13.2 Å². The molecule has 6 heteroatoms. The molecule has 1 amide bonds. The molecule has 0 unspecified atom stereocenters. The van der Waals surface area contributed by atoms with Crippen LogP contribution in [-0.4, -0.2) is 11.0 Å². The fraction of sp³-hybridized carbons (Fsp3) is 0.133. The van der Waals surface area contributed by atoms with Crippen molar-refractivity contribution in [3.05, 3.63) is 59.2 Å². The van der Waals surface area contributed by atoms with Crippen molar-refractivity contribution in [3.63, 3.8) is 0 Å². The third-order valence-electron chi connectivity index (χ3n) is 2.87. The first-order valence-electron chi connectivity index (χ1n) is 6.05. The standard InChI is InChI=1S/C15H12F3NO2/c1-9-2-7-12(13(20)8-9)14(21)19-11-5-3-10(4-6-11)15(16,17)18/h2-8,20H,1H3,(H,19,21). The Morgan fingerprint density at radius 3 is 2.24 bits per heavy atom. The minimum Gasteiger partial charge on any atom is -0.507 e. The average molecular weight is 295 g/mol. The second-order valence-electron chi connectivity index (χ2n) is 4.55. The van der Waals surface area contributed by atoms with Crippen LogP contribution in [0.1, 0.15) is 21.5 Å². The monoisotopic (exact) mass is 295 g/mol. The Balaban J connectivity index is 2.16. The molecule has 2 N–H and O–H groups in total. The molecule has 2 aromatic carbocycles. The number of aromatic hydroxyl groups is 1. The van der Waals surface area contributed by atoms with E-state index in [-0.39, 0.29) is 17.0 Å². The Kier molecular flexibility index (Phi) is 3.88. The van der Waals surface area contributed by atoms with E-state index >= 15 is 0 Å². The Labute approximate surface area is 119 Å². The summed E-state index contributed by atoms with van der Waals surface area (Å²) in [6.45, 7) is 1.76. The first-order valence-corrected chi connectivity index (χ1v) is 6.05. The number of anilines is 1. The van der Waals surface area contributed by atoms with Crippen LogP contribution in [0.2, 0.25) is 0 Å². The number of aryl methyl sites for hydroxylation is 1. The van der Waals surface area contributed by atoms with Crippen LogP contribution in [0, 0.1) is 6.92 Å². The van der Waals surface area contributed by atoms with Gasteiger partial charge < -0.3 is 10.4 Å². The maximum Gasteiger partial charge on any atom is 0.416 e. The van der Waals surface area contributed by atoms with Gasteiger partial charge in [0, 0.05) is 5.69 Å². The van der Waals surface area contributed by atoms with Crippen molar-refractivity contribution in [1.82, 2.24) is 0 Å². The lowest BCUT2D eigenvalue weighted by Crippen LogP contribution is -2.12. The molecule has 0 heterocycles. The molecule has 0 atom stereocenters.